The molecule has 0 radical (unpaired) electrons. The summed E-state index contributed by atoms with van der Waals surface area (Å²) < 4.78 is 0. The van der Waals surface area contributed by atoms with E-state index in [0.29, 0.717) is 6.42 Å². The van der Waals surface area contributed by atoms with Crippen LogP contribution in [-0.4, -0.2) is 5.91 Å². The third-order valence-electron chi connectivity index (χ3n) is 5.78. The average Bonchev–Trinajstić information content (AvgIpc) is 2.48. The third kappa shape index (κ3) is 2.88. The number of nitriles is 1. The van der Waals surface area contributed by atoms with Gasteiger partial charge in [0.15, 0.2) is 0 Å². The zero-order valence-electron chi connectivity index (χ0n) is 13.9. The van der Waals surface area contributed by atoms with Gasteiger partial charge in [-0.2, -0.15) is 5.26 Å². The molecule has 0 aromatic heterocycles. The number of hydrogen-bond donors (Lipinski definition) is 1. The monoisotopic (exact) mass is 298 g/mol. The Morgan fingerprint density at radius 3 is 2.18 bits per heavy atom. The highest BCUT2D eigenvalue weighted by Gasteiger charge is 2.46. The Bertz CT molecular complexity index is 572. The topological polar surface area (TPSA) is 66.9 Å². The highest BCUT2D eigenvalue weighted by Crippen LogP contribution is 2.50. The van der Waals surface area contributed by atoms with Crippen LogP contribution < -0.4 is 5.73 Å². The predicted molar refractivity (Wildman–Crippen MR) is 88.0 cm³/mol. The molecule has 1 aromatic rings. The summed E-state index contributed by atoms with van der Waals surface area (Å²) in [6, 6.07) is 10.5. The summed E-state index contributed by atoms with van der Waals surface area (Å²) in [4.78, 5) is 12.0. The SMILES string of the molecule is CC(C)C1(C(N)=O)CCC(C)(c2ccc(CC#N)cc2)CC1. The molecule has 2 N–H and O–H groups in total. The Kier molecular flexibility index (Phi) is 4.60. The van der Waals surface area contributed by atoms with E-state index in [1.807, 2.05) is 12.1 Å². The lowest BCUT2D eigenvalue weighted by Crippen LogP contribution is -2.46. The second kappa shape index (κ2) is 6.12. The molecule has 22 heavy (non-hydrogen) atoms. The first-order valence-electron chi connectivity index (χ1n) is 8.10. The van der Waals surface area contributed by atoms with Crippen molar-refractivity contribution in [1.29, 1.82) is 5.26 Å². The van der Waals surface area contributed by atoms with Crippen molar-refractivity contribution in [3.05, 3.63) is 35.4 Å². The van der Waals surface area contributed by atoms with Gasteiger partial charge in [0.25, 0.3) is 0 Å². The van der Waals surface area contributed by atoms with E-state index in [4.69, 9.17) is 11.0 Å². The molecule has 0 unspecified atom stereocenters. The fraction of sp³-hybridized carbons (Fsp3) is 0.579. The van der Waals surface area contributed by atoms with Crippen LogP contribution in [0.3, 0.4) is 0 Å². The first kappa shape index (κ1) is 16.5. The maximum absolute atomic E-state index is 12.0. The van der Waals surface area contributed by atoms with E-state index in [1.165, 1.54) is 5.56 Å². The molecule has 1 saturated carbocycles. The summed E-state index contributed by atoms with van der Waals surface area (Å²) in [6.07, 6.45) is 4.12. The molecule has 0 heterocycles. The van der Waals surface area contributed by atoms with Crippen LogP contribution in [0.1, 0.15) is 57.6 Å². The summed E-state index contributed by atoms with van der Waals surface area (Å²) >= 11 is 0. The van der Waals surface area contributed by atoms with Crippen LogP contribution in [0.2, 0.25) is 0 Å². The second-order valence-corrected chi connectivity index (χ2v) is 7.27. The predicted octanol–water partition coefficient (Wildman–Crippen LogP) is 3.71. The fourth-order valence-corrected chi connectivity index (χ4v) is 3.76. The first-order valence-corrected chi connectivity index (χ1v) is 8.10. The van der Waals surface area contributed by atoms with Gasteiger partial charge in [0, 0.05) is 0 Å². The van der Waals surface area contributed by atoms with Crippen molar-refractivity contribution in [2.45, 2.75) is 58.3 Å². The molecule has 0 aliphatic heterocycles. The van der Waals surface area contributed by atoms with Crippen LogP contribution in [-0.2, 0) is 16.6 Å². The molecule has 1 amide bonds. The van der Waals surface area contributed by atoms with Crippen molar-refractivity contribution in [2.24, 2.45) is 17.1 Å². The number of nitrogens with zero attached hydrogens (tertiary/aromatic N) is 1. The number of carbonyl (C=O) groups is 1. The normalized spacial score (nSPS) is 28.3. The molecule has 1 aliphatic rings. The number of primary amides is 1. The molecule has 0 atom stereocenters. The first-order chi connectivity index (χ1) is 10.3. The largest absolute Gasteiger partial charge is 0.369 e. The minimum absolute atomic E-state index is 0.0962. The number of hydrogen-bond acceptors (Lipinski definition) is 2. The van der Waals surface area contributed by atoms with Gasteiger partial charge < -0.3 is 5.73 Å². The molecule has 0 saturated heterocycles. The summed E-state index contributed by atoms with van der Waals surface area (Å²) in [5, 5.41) is 8.76. The Morgan fingerprint density at radius 1 is 1.23 bits per heavy atom. The van der Waals surface area contributed by atoms with E-state index < -0.39 is 0 Å². The summed E-state index contributed by atoms with van der Waals surface area (Å²) in [5.41, 5.74) is 7.82. The fourth-order valence-electron chi connectivity index (χ4n) is 3.76. The van der Waals surface area contributed by atoms with Gasteiger partial charge in [0.05, 0.1) is 17.9 Å². The maximum Gasteiger partial charge on any atom is 0.223 e. The second-order valence-electron chi connectivity index (χ2n) is 7.27. The van der Waals surface area contributed by atoms with Gasteiger partial charge in [-0.1, -0.05) is 45.0 Å². The Hall–Kier alpha value is -1.82. The van der Waals surface area contributed by atoms with E-state index >= 15 is 0 Å². The van der Waals surface area contributed by atoms with Crippen LogP contribution in [0.15, 0.2) is 24.3 Å². The van der Waals surface area contributed by atoms with Crippen LogP contribution >= 0.6 is 0 Å². The number of amides is 1. The van der Waals surface area contributed by atoms with E-state index in [1.54, 1.807) is 0 Å². The molecular weight excluding hydrogens is 272 g/mol. The number of rotatable bonds is 4. The smallest absolute Gasteiger partial charge is 0.223 e. The summed E-state index contributed by atoms with van der Waals surface area (Å²) in [7, 11) is 0. The molecule has 0 bridgehead atoms. The van der Waals surface area contributed by atoms with Crippen molar-refractivity contribution < 1.29 is 4.79 Å². The standard InChI is InChI=1S/C19H26N2O/c1-14(2)19(17(21)22)11-9-18(3,10-12-19)16-6-4-15(5-7-16)8-13-20/h4-7,14H,8-12H2,1-3H3,(H2,21,22). The van der Waals surface area contributed by atoms with Crippen LogP contribution in [0.5, 0.6) is 0 Å². The van der Waals surface area contributed by atoms with Crippen molar-refractivity contribution >= 4 is 5.91 Å². The van der Waals surface area contributed by atoms with Crippen molar-refractivity contribution in [3.63, 3.8) is 0 Å². The zero-order valence-corrected chi connectivity index (χ0v) is 13.9. The molecule has 118 valence electrons. The average molecular weight is 298 g/mol. The molecule has 0 spiro atoms. The molecule has 2 rings (SSSR count). The molecule has 1 fully saturated rings. The number of benzene rings is 1. The molecule has 3 heteroatoms. The van der Waals surface area contributed by atoms with E-state index in [2.05, 4.69) is 39.0 Å². The van der Waals surface area contributed by atoms with Gasteiger partial charge >= 0.3 is 0 Å². The van der Waals surface area contributed by atoms with Gasteiger partial charge in [-0.3, -0.25) is 4.79 Å². The van der Waals surface area contributed by atoms with Crippen molar-refractivity contribution in [1.82, 2.24) is 0 Å². The Labute approximate surface area is 133 Å². The van der Waals surface area contributed by atoms with Crippen LogP contribution in [0, 0.1) is 22.7 Å². The maximum atomic E-state index is 12.0. The summed E-state index contributed by atoms with van der Waals surface area (Å²) in [6.45, 7) is 6.48. The minimum atomic E-state index is -0.347. The Morgan fingerprint density at radius 2 is 1.77 bits per heavy atom. The van der Waals surface area contributed by atoms with Gasteiger partial charge in [0.2, 0.25) is 5.91 Å². The number of nitrogens with two attached hydrogens (primary N) is 1. The molecule has 3 nitrogen and oxygen atoms in total. The lowest BCUT2D eigenvalue weighted by molar-refractivity contribution is -0.133. The van der Waals surface area contributed by atoms with E-state index in [-0.39, 0.29) is 22.7 Å². The lowest BCUT2D eigenvalue weighted by Gasteiger charge is -2.45. The highest BCUT2D eigenvalue weighted by molar-refractivity contribution is 5.81. The van der Waals surface area contributed by atoms with Gasteiger partial charge in [-0.15, -0.1) is 0 Å². The molecular formula is C19H26N2O. The van der Waals surface area contributed by atoms with Crippen molar-refractivity contribution in [3.8, 4) is 6.07 Å². The van der Waals surface area contributed by atoms with E-state index in [0.717, 1.165) is 31.2 Å². The number of carbonyl (C=O) groups excluding carboxylic acids is 1. The zero-order chi connectivity index (χ0) is 16.4. The van der Waals surface area contributed by atoms with E-state index in [9.17, 15) is 4.79 Å². The van der Waals surface area contributed by atoms with Gasteiger partial charge in [-0.25, -0.2) is 0 Å². The minimum Gasteiger partial charge on any atom is -0.369 e. The van der Waals surface area contributed by atoms with Gasteiger partial charge in [0.1, 0.15) is 0 Å². The molecule has 1 aliphatic carbocycles. The van der Waals surface area contributed by atoms with Crippen LogP contribution in [0.25, 0.3) is 0 Å². The van der Waals surface area contributed by atoms with Crippen LogP contribution in [0.4, 0.5) is 0 Å². The quantitative estimate of drug-likeness (QED) is 0.920. The summed E-state index contributed by atoms with van der Waals surface area (Å²) in [5.74, 6) is 0.140. The highest BCUT2D eigenvalue weighted by atomic mass is 16.1. The third-order valence-corrected chi connectivity index (χ3v) is 5.78. The van der Waals surface area contributed by atoms with Gasteiger partial charge in [-0.05, 0) is 48.1 Å². The lowest BCUT2D eigenvalue weighted by atomic mass is 9.58. The van der Waals surface area contributed by atoms with Crippen molar-refractivity contribution in [2.75, 3.05) is 0 Å². The Balaban J connectivity index is 2.18. The molecule has 1 aromatic carbocycles.